The van der Waals surface area contributed by atoms with Crippen molar-refractivity contribution in [3.05, 3.63) is 71.8 Å². The summed E-state index contributed by atoms with van der Waals surface area (Å²) in [4.78, 5) is 9.66. The summed E-state index contributed by atoms with van der Waals surface area (Å²) in [5.74, 6) is 3.98. The van der Waals surface area contributed by atoms with Crippen LogP contribution in [-0.2, 0) is 9.47 Å². The maximum atomic E-state index is 5.98. The monoisotopic (exact) mass is 358 g/mol. The first-order valence-electron chi connectivity index (χ1n) is 9.16. The molecule has 2 heterocycles. The highest BCUT2D eigenvalue weighted by atomic mass is 16.5. The number of aliphatic imine (C=N–C) groups is 2. The van der Waals surface area contributed by atoms with E-state index >= 15 is 0 Å². The van der Waals surface area contributed by atoms with E-state index in [4.69, 9.17) is 25.9 Å². The summed E-state index contributed by atoms with van der Waals surface area (Å²) in [7, 11) is 0. The van der Waals surface area contributed by atoms with Crippen LogP contribution in [0.1, 0.15) is 36.6 Å². The van der Waals surface area contributed by atoms with E-state index in [1.54, 1.807) is 0 Å². The van der Waals surface area contributed by atoms with Crippen molar-refractivity contribution in [1.29, 1.82) is 0 Å². The first-order chi connectivity index (χ1) is 13.2. The number of rotatable bonds is 5. The fourth-order valence-electron chi connectivity index (χ4n) is 3.49. The number of hydrogen-bond acceptors (Lipinski definition) is 4. The molecule has 0 unspecified atom stereocenters. The molecule has 0 fully saturated rings. The SMILES string of the molecule is C#CCC(C)(C1=N[C@@H](c2ccccc2)CO1)C1=N[C@@H](c2ccccc2)CO1. The Morgan fingerprint density at radius 1 is 0.889 bits per heavy atom. The molecule has 0 saturated carbocycles. The summed E-state index contributed by atoms with van der Waals surface area (Å²) >= 11 is 0. The minimum atomic E-state index is -0.651. The van der Waals surface area contributed by atoms with Crippen LogP contribution in [0.15, 0.2) is 70.6 Å². The lowest BCUT2D eigenvalue weighted by molar-refractivity contribution is 0.260. The number of terminal acetylenes is 1. The molecular formula is C23H22N2O2. The van der Waals surface area contributed by atoms with Crippen molar-refractivity contribution in [1.82, 2.24) is 0 Å². The molecule has 0 aromatic heterocycles. The lowest BCUT2D eigenvalue weighted by Gasteiger charge is -2.25. The molecule has 4 heteroatoms. The second kappa shape index (κ2) is 7.28. The first kappa shape index (κ1) is 17.4. The van der Waals surface area contributed by atoms with Gasteiger partial charge in [0.1, 0.15) is 30.7 Å². The largest absolute Gasteiger partial charge is 0.478 e. The van der Waals surface area contributed by atoms with Crippen LogP contribution < -0.4 is 0 Å². The van der Waals surface area contributed by atoms with E-state index in [1.807, 2.05) is 43.3 Å². The average Bonchev–Trinajstić information content (AvgIpc) is 3.40. The highest BCUT2D eigenvalue weighted by Crippen LogP contribution is 2.37. The Morgan fingerprint density at radius 2 is 1.33 bits per heavy atom. The molecule has 0 aliphatic carbocycles. The van der Waals surface area contributed by atoms with Gasteiger partial charge in [-0.25, -0.2) is 9.98 Å². The predicted molar refractivity (Wildman–Crippen MR) is 107 cm³/mol. The minimum Gasteiger partial charge on any atom is -0.478 e. The van der Waals surface area contributed by atoms with Crippen LogP contribution in [0.5, 0.6) is 0 Å². The predicted octanol–water partition coefficient (Wildman–Crippen LogP) is 4.36. The highest BCUT2D eigenvalue weighted by molar-refractivity contribution is 6.06. The third kappa shape index (κ3) is 3.33. The van der Waals surface area contributed by atoms with Crippen molar-refractivity contribution in [2.45, 2.75) is 25.4 Å². The number of nitrogens with zero attached hydrogens (tertiary/aromatic N) is 2. The van der Waals surface area contributed by atoms with Gasteiger partial charge in [-0.15, -0.1) is 12.3 Å². The third-order valence-corrected chi connectivity index (χ3v) is 5.07. The van der Waals surface area contributed by atoms with Gasteiger partial charge in [0.05, 0.1) is 0 Å². The Hall–Kier alpha value is -3.06. The number of ether oxygens (including phenoxy) is 2. The van der Waals surface area contributed by atoms with Gasteiger partial charge >= 0.3 is 0 Å². The van der Waals surface area contributed by atoms with E-state index in [1.165, 1.54) is 0 Å². The van der Waals surface area contributed by atoms with Crippen LogP contribution in [0.4, 0.5) is 0 Å². The zero-order valence-electron chi connectivity index (χ0n) is 15.3. The van der Waals surface area contributed by atoms with Gasteiger partial charge in [-0.05, 0) is 18.1 Å². The van der Waals surface area contributed by atoms with Gasteiger partial charge in [0.2, 0.25) is 11.8 Å². The van der Waals surface area contributed by atoms with E-state index in [2.05, 4.69) is 30.2 Å². The normalized spacial score (nSPS) is 21.6. The molecule has 2 aromatic carbocycles. The molecule has 0 spiro atoms. The Labute approximate surface area is 160 Å². The zero-order valence-corrected chi connectivity index (χ0v) is 15.3. The van der Waals surface area contributed by atoms with E-state index in [0.29, 0.717) is 31.4 Å². The molecule has 2 aliphatic rings. The quantitative estimate of drug-likeness (QED) is 0.746. The third-order valence-electron chi connectivity index (χ3n) is 5.07. The molecule has 0 saturated heterocycles. The summed E-state index contributed by atoms with van der Waals surface area (Å²) < 4.78 is 12.0. The molecule has 0 N–H and O–H groups in total. The van der Waals surface area contributed by atoms with Crippen LogP contribution in [0.3, 0.4) is 0 Å². The van der Waals surface area contributed by atoms with Crippen molar-refractivity contribution in [2.24, 2.45) is 15.4 Å². The second-order valence-electron chi connectivity index (χ2n) is 7.06. The van der Waals surface area contributed by atoms with Crippen LogP contribution in [0.25, 0.3) is 0 Å². The van der Waals surface area contributed by atoms with Crippen LogP contribution >= 0.6 is 0 Å². The van der Waals surface area contributed by atoms with Gasteiger partial charge in [-0.3, -0.25) is 0 Å². The van der Waals surface area contributed by atoms with Crippen molar-refractivity contribution >= 4 is 11.8 Å². The Kier molecular flexibility index (Phi) is 4.68. The Balaban J connectivity index is 1.63. The van der Waals surface area contributed by atoms with E-state index in [0.717, 1.165) is 11.1 Å². The molecule has 27 heavy (non-hydrogen) atoms. The zero-order chi connectivity index (χ0) is 18.7. The molecule has 4 rings (SSSR count). The van der Waals surface area contributed by atoms with Crippen molar-refractivity contribution in [3.63, 3.8) is 0 Å². The molecule has 2 atom stereocenters. The van der Waals surface area contributed by atoms with Crippen LogP contribution in [0, 0.1) is 17.8 Å². The van der Waals surface area contributed by atoms with Gasteiger partial charge < -0.3 is 9.47 Å². The average molecular weight is 358 g/mol. The van der Waals surface area contributed by atoms with Crippen LogP contribution in [-0.4, -0.2) is 25.0 Å². The summed E-state index contributed by atoms with van der Waals surface area (Å²) in [6.07, 6.45) is 6.09. The Bertz CT molecular complexity index is 831. The smallest absolute Gasteiger partial charge is 0.200 e. The summed E-state index contributed by atoms with van der Waals surface area (Å²) in [5, 5.41) is 0. The van der Waals surface area contributed by atoms with E-state index < -0.39 is 5.41 Å². The molecule has 4 nitrogen and oxygen atoms in total. The first-order valence-corrected chi connectivity index (χ1v) is 9.16. The lowest BCUT2D eigenvalue weighted by atomic mass is 9.86. The molecule has 0 amide bonds. The topological polar surface area (TPSA) is 43.2 Å². The van der Waals surface area contributed by atoms with Gasteiger partial charge in [-0.2, -0.15) is 0 Å². The van der Waals surface area contributed by atoms with Gasteiger partial charge in [-0.1, -0.05) is 60.7 Å². The number of benzene rings is 2. The molecule has 2 aliphatic heterocycles. The Morgan fingerprint density at radius 3 is 1.74 bits per heavy atom. The summed E-state index contributed by atoms with van der Waals surface area (Å²) in [6.45, 7) is 3.02. The molecule has 0 bridgehead atoms. The van der Waals surface area contributed by atoms with Crippen molar-refractivity contribution < 1.29 is 9.47 Å². The van der Waals surface area contributed by atoms with Crippen LogP contribution in [0.2, 0.25) is 0 Å². The van der Waals surface area contributed by atoms with Gasteiger partial charge in [0.15, 0.2) is 0 Å². The highest BCUT2D eigenvalue weighted by Gasteiger charge is 2.45. The molecular weight excluding hydrogens is 336 g/mol. The fourth-order valence-corrected chi connectivity index (χ4v) is 3.49. The van der Waals surface area contributed by atoms with Gasteiger partial charge in [0, 0.05) is 6.42 Å². The lowest BCUT2D eigenvalue weighted by Crippen LogP contribution is -2.37. The maximum Gasteiger partial charge on any atom is 0.200 e. The molecule has 136 valence electrons. The summed E-state index contributed by atoms with van der Waals surface area (Å²) in [6, 6.07) is 20.3. The molecule has 2 aromatic rings. The molecule has 0 radical (unpaired) electrons. The fraction of sp³-hybridized carbons (Fsp3) is 0.304. The minimum absolute atomic E-state index is 0.0229. The van der Waals surface area contributed by atoms with Crippen molar-refractivity contribution in [3.8, 4) is 12.3 Å². The van der Waals surface area contributed by atoms with E-state index in [-0.39, 0.29) is 12.1 Å². The number of hydrogen-bond donors (Lipinski definition) is 0. The summed E-state index contributed by atoms with van der Waals surface area (Å²) in [5.41, 5.74) is 1.61. The van der Waals surface area contributed by atoms with E-state index in [9.17, 15) is 0 Å². The van der Waals surface area contributed by atoms with Gasteiger partial charge in [0.25, 0.3) is 0 Å². The maximum absolute atomic E-state index is 5.98. The second-order valence-corrected chi connectivity index (χ2v) is 7.06. The van der Waals surface area contributed by atoms with Crippen molar-refractivity contribution in [2.75, 3.05) is 13.2 Å². The standard InChI is InChI=1S/C23H22N2O2/c1-3-14-23(2,21-24-19(15-26-21)17-10-6-4-7-11-17)22-25-20(16-27-22)18-12-8-5-9-13-18/h1,4-13,19-20H,14-16H2,2H3/t19-,20-/m1/s1.